The number of aromatic nitrogens is 3. The summed E-state index contributed by atoms with van der Waals surface area (Å²) in [6.07, 6.45) is 0. The molecule has 0 aliphatic rings. The Kier molecular flexibility index (Phi) is 7.14. The van der Waals surface area contributed by atoms with Gasteiger partial charge < -0.3 is 4.42 Å². The molecular weight excluding hydrogens is 671 g/mol. The van der Waals surface area contributed by atoms with Crippen LogP contribution in [0.4, 0.5) is 0 Å². The summed E-state index contributed by atoms with van der Waals surface area (Å²) in [5, 5.41) is 8.97. The fourth-order valence-corrected chi connectivity index (χ4v) is 7.88. The number of nitrogens with zero attached hydrogens (tertiary/aromatic N) is 3. The lowest BCUT2D eigenvalue weighted by Gasteiger charge is -2.10. The van der Waals surface area contributed by atoms with Crippen molar-refractivity contribution < 1.29 is 4.42 Å². The van der Waals surface area contributed by atoms with Gasteiger partial charge in [0.05, 0.1) is 0 Å². The molecule has 0 bridgehead atoms. The van der Waals surface area contributed by atoms with Crippen molar-refractivity contribution in [3.63, 3.8) is 0 Å². The van der Waals surface area contributed by atoms with E-state index in [0.717, 1.165) is 65.6 Å². The van der Waals surface area contributed by atoms with E-state index in [1.807, 2.05) is 6.07 Å². The van der Waals surface area contributed by atoms with Crippen molar-refractivity contribution >= 4 is 54.3 Å². The van der Waals surface area contributed by atoms with Crippen LogP contribution in [0.5, 0.6) is 0 Å². The lowest BCUT2D eigenvalue weighted by Crippen LogP contribution is -2.00. The van der Waals surface area contributed by atoms with Gasteiger partial charge in [-0.05, 0) is 85.6 Å². The zero-order valence-corrected chi connectivity index (χ0v) is 29.6. The molecule has 0 saturated carbocycles. The third-order valence-corrected chi connectivity index (χ3v) is 10.7. The summed E-state index contributed by atoms with van der Waals surface area (Å²) in [5.74, 6) is 1.82. The summed E-state index contributed by atoms with van der Waals surface area (Å²) in [6.45, 7) is 0. The predicted molar refractivity (Wildman–Crippen MR) is 227 cm³/mol. The smallest absolute Gasteiger partial charge is 0.164 e. The Morgan fingerprint density at radius 2 is 0.782 bits per heavy atom. The molecule has 0 N–H and O–H groups in total. The second-order valence-corrected chi connectivity index (χ2v) is 14.0. The molecule has 55 heavy (non-hydrogen) atoms. The van der Waals surface area contributed by atoms with Gasteiger partial charge in [0, 0.05) is 32.8 Å². The molecule has 0 spiro atoms. The molecule has 2 heterocycles. The van der Waals surface area contributed by atoms with Crippen LogP contribution in [0, 0.1) is 0 Å². The first-order valence-electron chi connectivity index (χ1n) is 18.5. The Morgan fingerprint density at radius 1 is 0.291 bits per heavy atom. The lowest BCUT2D eigenvalue weighted by molar-refractivity contribution is 0.673. The summed E-state index contributed by atoms with van der Waals surface area (Å²) < 4.78 is 6.72. The molecule has 0 amide bonds. The fourth-order valence-electron chi connectivity index (χ4n) is 7.88. The average Bonchev–Trinajstić information content (AvgIpc) is 3.64. The zero-order valence-electron chi connectivity index (χ0n) is 29.6. The molecule has 0 fully saturated rings. The highest BCUT2D eigenvalue weighted by Gasteiger charge is 2.18. The number of benzene rings is 9. The molecule has 11 aromatic rings. The average molecular weight is 702 g/mol. The van der Waals surface area contributed by atoms with Crippen LogP contribution in [0.3, 0.4) is 0 Å². The van der Waals surface area contributed by atoms with Crippen molar-refractivity contribution in [2.75, 3.05) is 0 Å². The molecule has 11 rings (SSSR count). The Labute approximate surface area is 317 Å². The largest absolute Gasteiger partial charge is 0.455 e. The Hall–Kier alpha value is -7.43. The number of hydrogen-bond donors (Lipinski definition) is 0. The molecule has 0 atom stereocenters. The van der Waals surface area contributed by atoms with Crippen LogP contribution in [-0.2, 0) is 0 Å². The van der Waals surface area contributed by atoms with Gasteiger partial charge in [-0.15, -0.1) is 0 Å². The van der Waals surface area contributed by atoms with Crippen molar-refractivity contribution in [2.24, 2.45) is 0 Å². The van der Waals surface area contributed by atoms with Gasteiger partial charge >= 0.3 is 0 Å². The van der Waals surface area contributed by atoms with E-state index >= 15 is 0 Å². The van der Waals surface area contributed by atoms with Crippen LogP contribution in [-0.4, -0.2) is 15.0 Å². The fraction of sp³-hybridized carbons (Fsp3) is 0. The van der Waals surface area contributed by atoms with Gasteiger partial charge in [-0.25, -0.2) is 15.0 Å². The van der Waals surface area contributed by atoms with Gasteiger partial charge in [0.2, 0.25) is 0 Å². The maximum atomic E-state index is 6.72. The van der Waals surface area contributed by atoms with Crippen molar-refractivity contribution in [1.29, 1.82) is 0 Å². The predicted octanol–water partition coefficient (Wildman–Crippen LogP) is 13.6. The van der Waals surface area contributed by atoms with Crippen LogP contribution >= 0.6 is 0 Å². The van der Waals surface area contributed by atoms with E-state index in [-0.39, 0.29) is 0 Å². The van der Waals surface area contributed by atoms with E-state index in [9.17, 15) is 0 Å². The number of rotatable bonds is 5. The number of fused-ring (bicyclic) bond motifs is 7. The first kappa shape index (κ1) is 31.1. The molecule has 9 aromatic carbocycles. The molecule has 256 valence electrons. The quantitative estimate of drug-likeness (QED) is 0.179. The third-order valence-electron chi connectivity index (χ3n) is 10.7. The zero-order chi connectivity index (χ0) is 36.3. The van der Waals surface area contributed by atoms with Gasteiger partial charge in [0.1, 0.15) is 11.2 Å². The molecule has 0 aliphatic heterocycles. The number of furan rings is 1. The van der Waals surface area contributed by atoms with Crippen molar-refractivity contribution in [3.8, 4) is 56.4 Å². The van der Waals surface area contributed by atoms with Crippen molar-refractivity contribution in [1.82, 2.24) is 15.0 Å². The minimum atomic E-state index is 0.588. The summed E-state index contributed by atoms with van der Waals surface area (Å²) in [5.41, 5.74) is 9.13. The van der Waals surface area contributed by atoms with Crippen LogP contribution < -0.4 is 0 Å². The highest BCUT2D eigenvalue weighted by Crippen LogP contribution is 2.41. The summed E-state index contributed by atoms with van der Waals surface area (Å²) in [7, 11) is 0. The molecule has 0 saturated heterocycles. The van der Waals surface area contributed by atoms with E-state index in [1.54, 1.807) is 0 Å². The first-order valence-corrected chi connectivity index (χ1v) is 18.5. The lowest BCUT2D eigenvalue weighted by atomic mass is 9.95. The normalized spacial score (nSPS) is 11.6. The monoisotopic (exact) mass is 701 g/mol. The second kappa shape index (κ2) is 12.6. The van der Waals surface area contributed by atoms with Crippen LogP contribution in [0.15, 0.2) is 192 Å². The molecule has 2 aromatic heterocycles. The molecular formula is C51H31N3O. The molecule has 0 unspecified atom stereocenters. The van der Waals surface area contributed by atoms with Gasteiger partial charge in [-0.2, -0.15) is 0 Å². The third kappa shape index (κ3) is 5.43. The minimum absolute atomic E-state index is 0.588. The SMILES string of the molecule is c1ccc(-c2ccc3cc(-c4nc(-c5ccc6ccccc6c5)nc(-c5ccc6c(c5)oc5c7ccccc7c(-c7ccccc7)cc65)n4)ccc3c2)cc1. The van der Waals surface area contributed by atoms with Gasteiger partial charge in [0.15, 0.2) is 17.5 Å². The van der Waals surface area contributed by atoms with Gasteiger partial charge in [-0.1, -0.05) is 152 Å². The Balaban J connectivity index is 1.07. The minimum Gasteiger partial charge on any atom is -0.455 e. The van der Waals surface area contributed by atoms with Gasteiger partial charge in [-0.3, -0.25) is 0 Å². The Morgan fingerprint density at radius 3 is 1.47 bits per heavy atom. The van der Waals surface area contributed by atoms with E-state index in [2.05, 4.69) is 182 Å². The van der Waals surface area contributed by atoms with Crippen molar-refractivity contribution in [2.45, 2.75) is 0 Å². The summed E-state index contributed by atoms with van der Waals surface area (Å²) >= 11 is 0. The summed E-state index contributed by atoms with van der Waals surface area (Å²) in [4.78, 5) is 15.4. The molecule has 0 aliphatic carbocycles. The maximum absolute atomic E-state index is 6.72. The van der Waals surface area contributed by atoms with Crippen LogP contribution in [0.2, 0.25) is 0 Å². The van der Waals surface area contributed by atoms with Gasteiger partial charge in [0.25, 0.3) is 0 Å². The standard InChI is InChI=1S/C51H31N3O/c1-3-11-32(12-4-1)36-20-21-38-29-40(24-22-37(38)27-36)50-52-49(39-23-19-33-13-7-8-16-35(33)28-39)53-51(54-50)41-25-26-43-46-31-45(34-14-5-2-6-15-34)42-17-9-10-18-44(42)48(46)55-47(43)30-41/h1-31H. The van der Waals surface area contributed by atoms with Crippen molar-refractivity contribution in [3.05, 3.63) is 188 Å². The second-order valence-electron chi connectivity index (χ2n) is 14.0. The van der Waals surface area contributed by atoms with E-state index in [0.29, 0.717) is 17.5 Å². The van der Waals surface area contributed by atoms with E-state index < -0.39 is 0 Å². The van der Waals surface area contributed by atoms with E-state index in [1.165, 1.54) is 27.6 Å². The van der Waals surface area contributed by atoms with Crippen LogP contribution in [0.1, 0.15) is 0 Å². The molecule has 0 radical (unpaired) electrons. The highest BCUT2D eigenvalue weighted by atomic mass is 16.3. The van der Waals surface area contributed by atoms with E-state index in [4.69, 9.17) is 19.4 Å². The van der Waals surface area contributed by atoms with Crippen LogP contribution in [0.25, 0.3) is 111 Å². The summed E-state index contributed by atoms with van der Waals surface area (Å²) in [6, 6.07) is 65.8. The number of hydrogen-bond acceptors (Lipinski definition) is 4. The topological polar surface area (TPSA) is 51.8 Å². The molecule has 4 nitrogen and oxygen atoms in total. The Bertz CT molecular complexity index is 3260. The first-order chi connectivity index (χ1) is 27.2. The maximum Gasteiger partial charge on any atom is 0.164 e. The molecule has 4 heteroatoms. The highest BCUT2D eigenvalue weighted by molar-refractivity contribution is 6.19.